The monoisotopic (exact) mass is 268 g/mol. The standard InChI is InChI=1S/C13H17BrO/c1-13-7-5-12(15)9-11(13)4-2-3-10(13)6-8-14/h6,9H,2-5,7-8H2,1H3/b10-6-. The zero-order valence-electron chi connectivity index (χ0n) is 9.18. The van der Waals surface area contributed by atoms with E-state index in [1.807, 2.05) is 6.08 Å². The van der Waals surface area contributed by atoms with Crippen LogP contribution in [0.25, 0.3) is 0 Å². The first-order valence-corrected chi connectivity index (χ1v) is 6.78. The third-order valence-electron chi connectivity index (χ3n) is 3.84. The van der Waals surface area contributed by atoms with Gasteiger partial charge in [-0.05, 0) is 31.8 Å². The van der Waals surface area contributed by atoms with Gasteiger partial charge in [0.05, 0.1) is 0 Å². The third kappa shape index (κ3) is 1.96. The molecule has 0 aromatic rings. The fraction of sp³-hybridized carbons (Fsp3) is 0.615. The van der Waals surface area contributed by atoms with Crippen LogP contribution in [0, 0.1) is 5.41 Å². The highest BCUT2D eigenvalue weighted by Crippen LogP contribution is 2.49. The number of carbonyl (C=O) groups is 1. The molecular formula is C13H17BrO. The Morgan fingerprint density at radius 3 is 3.00 bits per heavy atom. The molecule has 0 saturated heterocycles. The van der Waals surface area contributed by atoms with E-state index in [2.05, 4.69) is 28.9 Å². The Morgan fingerprint density at radius 1 is 1.47 bits per heavy atom. The normalized spacial score (nSPS) is 33.9. The second-order valence-corrected chi connectivity index (χ2v) is 5.35. The van der Waals surface area contributed by atoms with Crippen LogP contribution in [0.1, 0.15) is 39.0 Å². The topological polar surface area (TPSA) is 17.1 Å². The van der Waals surface area contributed by atoms with E-state index in [-0.39, 0.29) is 5.41 Å². The summed E-state index contributed by atoms with van der Waals surface area (Å²) >= 11 is 3.47. The zero-order valence-corrected chi connectivity index (χ0v) is 10.8. The van der Waals surface area contributed by atoms with E-state index in [4.69, 9.17) is 0 Å². The Kier molecular flexibility index (Phi) is 3.15. The van der Waals surface area contributed by atoms with Crippen molar-refractivity contribution in [3.8, 4) is 0 Å². The number of rotatable bonds is 1. The number of hydrogen-bond donors (Lipinski definition) is 0. The van der Waals surface area contributed by atoms with Gasteiger partial charge in [0.2, 0.25) is 0 Å². The predicted octanol–water partition coefficient (Wildman–Crippen LogP) is 3.79. The Bertz CT molecular complexity index is 340. The van der Waals surface area contributed by atoms with Crippen LogP contribution in [0.15, 0.2) is 23.3 Å². The molecule has 1 nitrogen and oxygen atoms in total. The first-order chi connectivity index (χ1) is 7.16. The van der Waals surface area contributed by atoms with Crippen molar-refractivity contribution in [2.24, 2.45) is 5.41 Å². The van der Waals surface area contributed by atoms with E-state index in [0.29, 0.717) is 5.78 Å². The summed E-state index contributed by atoms with van der Waals surface area (Å²) < 4.78 is 0. The van der Waals surface area contributed by atoms with Gasteiger partial charge in [-0.1, -0.05) is 40.1 Å². The second kappa shape index (κ2) is 4.25. The molecule has 0 amide bonds. The third-order valence-corrected chi connectivity index (χ3v) is 4.16. The molecule has 0 N–H and O–H groups in total. The molecule has 2 rings (SSSR count). The molecule has 82 valence electrons. The zero-order chi connectivity index (χ0) is 10.9. The van der Waals surface area contributed by atoms with Crippen molar-refractivity contribution in [3.63, 3.8) is 0 Å². The minimum atomic E-state index is 0.194. The lowest BCUT2D eigenvalue weighted by atomic mass is 9.63. The highest BCUT2D eigenvalue weighted by atomic mass is 79.9. The van der Waals surface area contributed by atoms with Gasteiger partial charge in [0, 0.05) is 17.2 Å². The molecular weight excluding hydrogens is 252 g/mol. The van der Waals surface area contributed by atoms with Gasteiger partial charge in [-0.25, -0.2) is 0 Å². The molecule has 0 radical (unpaired) electrons. The minimum Gasteiger partial charge on any atom is -0.295 e. The van der Waals surface area contributed by atoms with Crippen molar-refractivity contribution in [3.05, 3.63) is 23.3 Å². The number of carbonyl (C=O) groups excluding carboxylic acids is 1. The highest BCUT2D eigenvalue weighted by Gasteiger charge is 2.38. The summed E-state index contributed by atoms with van der Waals surface area (Å²) in [6, 6.07) is 0. The van der Waals surface area contributed by atoms with Gasteiger partial charge in [-0.15, -0.1) is 0 Å². The van der Waals surface area contributed by atoms with Crippen molar-refractivity contribution in [2.45, 2.75) is 39.0 Å². The van der Waals surface area contributed by atoms with Crippen LogP contribution in [-0.2, 0) is 4.79 Å². The molecule has 1 atom stereocenters. The van der Waals surface area contributed by atoms with Gasteiger partial charge in [-0.2, -0.15) is 0 Å². The number of allylic oxidation sites excluding steroid dienone is 4. The first kappa shape index (κ1) is 11.1. The van der Waals surface area contributed by atoms with E-state index < -0.39 is 0 Å². The molecule has 1 unspecified atom stereocenters. The molecule has 2 aliphatic rings. The lowest BCUT2D eigenvalue weighted by molar-refractivity contribution is -0.115. The minimum absolute atomic E-state index is 0.194. The smallest absolute Gasteiger partial charge is 0.155 e. The molecule has 0 spiro atoms. The average molecular weight is 269 g/mol. The second-order valence-electron chi connectivity index (χ2n) is 4.71. The lowest BCUT2D eigenvalue weighted by Crippen LogP contribution is -2.30. The number of halogens is 1. The summed E-state index contributed by atoms with van der Waals surface area (Å²) in [5.41, 5.74) is 3.10. The van der Waals surface area contributed by atoms with E-state index in [1.54, 1.807) is 0 Å². The summed E-state index contributed by atoms with van der Waals surface area (Å²) in [6.07, 6.45) is 9.45. The quantitative estimate of drug-likeness (QED) is 0.523. The maximum absolute atomic E-state index is 11.4. The van der Waals surface area contributed by atoms with E-state index in [9.17, 15) is 4.79 Å². The van der Waals surface area contributed by atoms with Crippen LogP contribution < -0.4 is 0 Å². The number of ketones is 1. The van der Waals surface area contributed by atoms with Crippen molar-refractivity contribution < 1.29 is 4.79 Å². The van der Waals surface area contributed by atoms with Crippen LogP contribution in [0.4, 0.5) is 0 Å². The van der Waals surface area contributed by atoms with E-state index >= 15 is 0 Å². The largest absolute Gasteiger partial charge is 0.295 e. The summed E-state index contributed by atoms with van der Waals surface area (Å²) in [7, 11) is 0. The van der Waals surface area contributed by atoms with Crippen LogP contribution >= 0.6 is 15.9 Å². The Balaban J connectivity index is 2.37. The van der Waals surface area contributed by atoms with Crippen LogP contribution in [-0.4, -0.2) is 11.1 Å². The Morgan fingerprint density at radius 2 is 2.27 bits per heavy atom. The van der Waals surface area contributed by atoms with Crippen molar-refractivity contribution >= 4 is 21.7 Å². The maximum Gasteiger partial charge on any atom is 0.155 e. The summed E-state index contributed by atoms with van der Waals surface area (Å²) in [6.45, 7) is 2.30. The van der Waals surface area contributed by atoms with Gasteiger partial charge in [0.25, 0.3) is 0 Å². The number of alkyl halides is 1. The molecule has 2 aliphatic carbocycles. The molecule has 1 fully saturated rings. The van der Waals surface area contributed by atoms with Crippen LogP contribution in [0.5, 0.6) is 0 Å². The highest BCUT2D eigenvalue weighted by molar-refractivity contribution is 9.09. The average Bonchev–Trinajstić information content (AvgIpc) is 2.21. The van der Waals surface area contributed by atoms with E-state index in [1.165, 1.54) is 24.0 Å². The number of fused-ring (bicyclic) bond motifs is 1. The molecule has 0 aromatic carbocycles. The lowest BCUT2D eigenvalue weighted by Gasteiger charge is -2.41. The van der Waals surface area contributed by atoms with Crippen molar-refractivity contribution in [1.82, 2.24) is 0 Å². The van der Waals surface area contributed by atoms with Gasteiger partial charge in [0.1, 0.15) is 0 Å². The van der Waals surface area contributed by atoms with Crippen LogP contribution in [0.2, 0.25) is 0 Å². The molecule has 0 heterocycles. The predicted molar refractivity (Wildman–Crippen MR) is 66.2 cm³/mol. The number of hydrogen-bond acceptors (Lipinski definition) is 1. The summed E-state index contributed by atoms with van der Waals surface area (Å²) in [5.74, 6) is 0.322. The maximum atomic E-state index is 11.4. The van der Waals surface area contributed by atoms with Crippen molar-refractivity contribution in [1.29, 1.82) is 0 Å². The van der Waals surface area contributed by atoms with Crippen LogP contribution in [0.3, 0.4) is 0 Å². The SMILES string of the molecule is CC12CCC(=O)C=C1CCC/C2=C/CBr. The molecule has 2 heteroatoms. The first-order valence-electron chi connectivity index (χ1n) is 5.66. The Hall–Kier alpha value is -0.370. The fourth-order valence-corrected chi connectivity index (χ4v) is 3.23. The molecule has 1 saturated carbocycles. The van der Waals surface area contributed by atoms with Gasteiger partial charge in [0.15, 0.2) is 5.78 Å². The molecule has 0 bridgehead atoms. The van der Waals surface area contributed by atoms with E-state index in [0.717, 1.165) is 24.6 Å². The Labute approximate surface area is 99.8 Å². The van der Waals surface area contributed by atoms with Crippen molar-refractivity contribution in [2.75, 3.05) is 5.33 Å². The van der Waals surface area contributed by atoms with Gasteiger partial charge in [-0.3, -0.25) is 4.79 Å². The molecule has 15 heavy (non-hydrogen) atoms. The molecule has 0 aromatic heterocycles. The summed E-state index contributed by atoms with van der Waals surface area (Å²) in [4.78, 5) is 11.4. The van der Waals surface area contributed by atoms with Gasteiger partial charge >= 0.3 is 0 Å². The van der Waals surface area contributed by atoms with Gasteiger partial charge < -0.3 is 0 Å². The fourth-order valence-electron chi connectivity index (χ4n) is 2.84. The summed E-state index contributed by atoms with van der Waals surface area (Å²) in [5, 5.41) is 0.930. The molecule has 0 aliphatic heterocycles.